The fourth-order valence-corrected chi connectivity index (χ4v) is 3.43. The van der Waals surface area contributed by atoms with Crippen molar-refractivity contribution in [1.82, 2.24) is 10.2 Å². The van der Waals surface area contributed by atoms with Crippen LogP contribution < -0.4 is 10.1 Å². The molecule has 0 unspecified atom stereocenters. The van der Waals surface area contributed by atoms with Crippen LogP contribution in [0.4, 0.5) is 0 Å². The summed E-state index contributed by atoms with van der Waals surface area (Å²) in [6, 6.07) is 14.0. The Morgan fingerprint density at radius 3 is 2.45 bits per heavy atom. The van der Waals surface area contributed by atoms with Gasteiger partial charge in [0.2, 0.25) is 5.91 Å². The van der Waals surface area contributed by atoms with Gasteiger partial charge in [-0.1, -0.05) is 55.8 Å². The lowest BCUT2D eigenvalue weighted by molar-refractivity contribution is -0.142. The number of hydrogen-bond acceptors (Lipinski definition) is 3. The average Bonchev–Trinajstić information content (AvgIpc) is 2.69. The topological polar surface area (TPSA) is 58.6 Å². The highest BCUT2D eigenvalue weighted by Crippen LogP contribution is 2.28. The van der Waals surface area contributed by atoms with Crippen molar-refractivity contribution in [2.75, 3.05) is 13.2 Å². The second-order valence-electron chi connectivity index (χ2n) is 7.19. The van der Waals surface area contributed by atoms with Gasteiger partial charge in [0.05, 0.1) is 4.47 Å². The van der Waals surface area contributed by atoms with E-state index in [2.05, 4.69) is 21.2 Å². The monoisotopic (exact) mass is 480 g/mol. The zero-order chi connectivity index (χ0) is 21.4. The minimum atomic E-state index is -0.626. The molecular weight excluding hydrogens is 456 g/mol. The molecule has 2 aromatic carbocycles. The maximum atomic E-state index is 13.0. The molecule has 0 fully saturated rings. The predicted molar refractivity (Wildman–Crippen MR) is 119 cm³/mol. The van der Waals surface area contributed by atoms with E-state index in [-0.39, 0.29) is 18.4 Å². The van der Waals surface area contributed by atoms with Gasteiger partial charge in [-0.15, -0.1) is 0 Å². The summed E-state index contributed by atoms with van der Waals surface area (Å²) in [5.74, 6) is 0.382. The van der Waals surface area contributed by atoms with Gasteiger partial charge in [0, 0.05) is 18.1 Å². The molecule has 0 bridgehead atoms. The summed E-state index contributed by atoms with van der Waals surface area (Å²) in [4.78, 5) is 27.1. The minimum absolute atomic E-state index is 0.185. The Kier molecular flexibility index (Phi) is 8.99. The summed E-state index contributed by atoms with van der Waals surface area (Å²) in [6.45, 7) is 6.47. The van der Waals surface area contributed by atoms with Crippen molar-refractivity contribution in [1.29, 1.82) is 0 Å². The molecule has 7 heteroatoms. The Labute approximate surface area is 185 Å². The summed E-state index contributed by atoms with van der Waals surface area (Å²) >= 11 is 9.32. The van der Waals surface area contributed by atoms with Crippen molar-refractivity contribution in [2.45, 2.75) is 33.4 Å². The molecule has 1 N–H and O–H groups in total. The van der Waals surface area contributed by atoms with Crippen LogP contribution in [0.3, 0.4) is 0 Å². The molecule has 0 spiro atoms. The van der Waals surface area contributed by atoms with Gasteiger partial charge in [-0.05, 0) is 52.5 Å². The molecule has 0 radical (unpaired) electrons. The van der Waals surface area contributed by atoms with Gasteiger partial charge in [-0.3, -0.25) is 9.59 Å². The van der Waals surface area contributed by atoms with Gasteiger partial charge in [0.15, 0.2) is 6.61 Å². The van der Waals surface area contributed by atoms with Crippen LogP contribution in [-0.4, -0.2) is 35.9 Å². The number of rotatable bonds is 9. The van der Waals surface area contributed by atoms with Crippen LogP contribution in [0.1, 0.15) is 26.3 Å². The molecule has 0 saturated heterocycles. The molecule has 1 atom stereocenters. The fraction of sp³-hybridized carbons (Fsp3) is 0.364. The summed E-state index contributed by atoms with van der Waals surface area (Å²) in [5.41, 5.74) is 0.942. The van der Waals surface area contributed by atoms with Crippen molar-refractivity contribution >= 4 is 39.3 Å². The zero-order valence-electron chi connectivity index (χ0n) is 16.8. The largest absolute Gasteiger partial charge is 0.483 e. The Morgan fingerprint density at radius 1 is 1.14 bits per heavy atom. The van der Waals surface area contributed by atoms with E-state index in [9.17, 15) is 9.59 Å². The first-order valence-corrected chi connectivity index (χ1v) is 10.6. The van der Waals surface area contributed by atoms with Crippen molar-refractivity contribution < 1.29 is 14.3 Å². The number of hydrogen-bond donors (Lipinski definition) is 1. The maximum absolute atomic E-state index is 13.0. The Hall–Kier alpha value is -2.05. The minimum Gasteiger partial charge on any atom is -0.483 e. The molecule has 0 aliphatic carbocycles. The molecule has 2 amide bonds. The summed E-state index contributed by atoms with van der Waals surface area (Å²) in [5, 5.41) is 3.46. The lowest BCUT2D eigenvalue weighted by atomic mass is 10.1. The van der Waals surface area contributed by atoms with Crippen LogP contribution >= 0.6 is 27.5 Å². The number of halogens is 2. The van der Waals surface area contributed by atoms with Crippen molar-refractivity contribution in [3.8, 4) is 5.75 Å². The number of carbonyl (C=O) groups excluding carboxylic acids is 2. The highest BCUT2D eigenvalue weighted by Gasteiger charge is 2.26. The first kappa shape index (κ1) is 23.2. The third-order valence-electron chi connectivity index (χ3n) is 4.29. The average molecular weight is 482 g/mol. The normalized spacial score (nSPS) is 11.8. The number of nitrogens with zero attached hydrogens (tertiary/aromatic N) is 1. The highest BCUT2D eigenvalue weighted by atomic mass is 79.9. The molecule has 2 rings (SSSR count). The third kappa shape index (κ3) is 7.37. The Bertz CT molecular complexity index is 830. The second kappa shape index (κ2) is 11.2. The molecular formula is C22H26BrClN2O3. The summed E-state index contributed by atoms with van der Waals surface area (Å²) in [6.07, 6.45) is 0. The van der Waals surface area contributed by atoms with Gasteiger partial charge in [0.25, 0.3) is 5.91 Å². The van der Waals surface area contributed by atoms with E-state index < -0.39 is 6.04 Å². The lowest BCUT2D eigenvalue weighted by Crippen LogP contribution is -2.49. The molecule has 29 heavy (non-hydrogen) atoms. The number of amides is 2. The molecule has 0 aliphatic rings. The van der Waals surface area contributed by atoms with Crippen LogP contribution in [0, 0.1) is 5.92 Å². The fourth-order valence-electron chi connectivity index (χ4n) is 2.63. The van der Waals surface area contributed by atoms with Crippen LogP contribution in [0.15, 0.2) is 53.0 Å². The SMILES string of the molecule is CC(C)CNC(=O)[C@@H](C)N(Cc1ccccc1)C(=O)COc1ccc(Cl)cc1Br. The van der Waals surface area contributed by atoms with Crippen LogP contribution in [-0.2, 0) is 16.1 Å². The van der Waals surface area contributed by atoms with E-state index in [0.29, 0.717) is 34.3 Å². The van der Waals surface area contributed by atoms with E-state index in [0.717, 1.165) is 5.56 Å². The van der Waals surface area contributed by atoms with Gasteiger partial charge in [-0.2, -0.15) is 0 Å². The number of nitrogens with one attached hydrogen (secondary N) is 1. The zero-order valence-corrected chi connectivity index (χ0v) is 19.2. The predicted octanol–water partition coefficient (Wildman–Crippen LogP) is 4.67. The van der Waals surface area contributed by atoms with Gasteiger partial charge in [0.1, 0.15) is 11.8 Å². The molecule has 0 heterocycles. The summed E-state index contributed by atoms with van der Waals surface area (Å²) < 4.78 is 6.33. The van der Waals surface area contributed by atoms with Gasteiger partial charge < -0.3 is 15.0 Å². The summed E-state index contributed by atoms with van der Waals surface area (Å²) in [7, 11) is 0. The quantitative estimate of drug-likeness (QED) is 0.566. The maximum Gasteiger partial charge on any atom is 0.261 e. The molecule has 156 valence electrons. The second-order valence-corrected chi connectivity index (χ2v) is 8.48. The van der Waals surface area contributed by atoms with E-state index in [1.807, 2.05) is 44.2 Å². The highest BCUT2D eigenvalue weighted by molar-refractivity contribution is 9.10. The van der Waals surface area contributed by atoms with Crippen molar-refractivity contribution in [3.63, 3.8) is 0 Å². The van der Waals surface area contributed by atoms with Crippen LogP contribution in [0.2, 0.25) is 5.02 Å². The first-order valence-electron chi connectivity index (χ1n) is 9.47. The number of ether oxygens (including phenoxy) is 1. The smallest absolute Gasteiger partial charge is 0.261 e. The van der Waals surface area contributed by atoms with E-state index in [4.69, 9.17) is 16.3 Å². The Balaban J connectivity index is 2.12. The van der Waals surface area contributed by atoms with Crippen molar-refractivity contribution in [3.05, 3.63) is 63.6 Å². The van der Waals surface area contributed by atoms with E-state index in [1.54, 1.807) is 25.1 Å². The molecule has 0 aliphatic heterocycles. The lowest BCUT2D eigenvalue weighted by Gasteiger charge is -2.29. The third-order valence-corrected chi connectivity index (χ3v) is 5.15. The van der Waals surface area contributed by atoms with Crippen LogP contribution in [0.5, 0.6) is 5.75 Å². The number of benzene rings is 2. The van der Waals surface area contributed by atoms with E-state index >= 15 is 0 Å². The van der Waals surface area contributed by atoms with E-state index in [1.165, 1.54) is 4.90 Å². The molecule has 0 aromatic heterocycles. The standard InChI is InChI=1S/C22H26BrClN2O3/c1-15(2)12-25-22(28)16(3)26(13-17-7-5-4-6-8-17)21(27)14-29-20-10-9-18(24)11-19(20)23/h4-11,15-16H,12-14H2,1-3H3,(H,25,28)/t16-/m1/s1. The number of carbonyl (C=O) groups is 2. The Morgan fingerprint density at radius 2 is 1.83 bits per heavy atom. The molecule has 0 saturated carbocycles. The first-order chi connectivity index (χ1) is 13.8. The van der Waals surface area contributed by atoms with Crippen molar-refractivity contribution in [2.24, 2.45) is 5.92 Å². The molecule has 2 aromatic rings. The molecule has 5 nitrogen and oxygen atoms in total. The van der Waals surface area contributed by atoms with Gasteiger partial charge >= 0.3 is 0 Å². The van der Waals surface area contributed by atoms with Crippen LogP contribution in [0.25, 0.3) is 0 Å². The van der Waals surface area contributed by atoms with Gasteiger partial charge in [-0.25, -0.2) is 0 Å².